The normalized spacial score (nSPS) is 27.1. The van der Waals surface area contributed by atoms with Crippen LogP contribution in [0.5, 0.6) is 0 Å². The monoisotopic (exact) mass is 508 g/mol. The van der Waals surface area contributed by atoms with E-state index in [9.17, 15) is 19.2 Å². The zero-order chi connectivity index (χ0) is 22.4. The zero-order valence-corrected chi connectivity index (χ0v) is 19.4. The molecular weight excluding hydrogens is 488 g/mol. The summed E-state index contributed by atoms with van der Waals surface area (Å²) in [4.78, 5) is 52.2. The van der Waals surface area contributed by atoms with Crippen LogP contribution >= 0.6 is 27.5 Å². The van der Waals surface area contributed by atoms with E-state index in [1.165, 1.54) is 0 Å². The molecule has 3 aliphatic rings. The second-order valence-corrected chi connectivity index (χ2v) is 9.78. The number of hydrogen-bond donors (Lipinski definition) is 1. The lowest BCUT2D eigenvalue weighted by Crippen LogP contribution is -2.50. The van der Waals surface area contributed by atoms with Gasteiger partial charge >= 0.3 is 5.97 Å². The van der Waals surface area contributed by atoms with E-state index in [1.807, 2.05) is 12.2 Å². The van der Waals surface area contributed by atoms with Gasteiger partial charge in [-0.25, -0.2) is 4.79 Å². The van der Waals surface area contributed by atoms with Crippen LogP contribution in [0, 0.1) is 29.6 Å². The number of amides is 3. The Bertz CT molecular complexity index is 964. The third-order valence-corrected chi connectivity index (χ3v) is 7.44. The SMILES string of the molecule is CC(C)[C@H](C(=O)OCC(=O)Nc1ccc(Br)c(Cl)c1)N1C(=O)[C@@H]2[C@@H](C1=O)[C@H]1C=C[C@H]2C1. The predicted molar refractivity (Wildman–Crippen MR) is 117 cm³/mol. The first kappa shape index (κ1) is 22.0. The van der Waals surface area contributed by atoms with Crippen LogP contribution in [0.3, 0.4) is 0 Å². The summed E-state index contributed by atoms with van der Waals surface area (Å²) in [5.41, 5.74) is 0.454. The van der Waals surface area contributed by atoms with E-state index in [1.54, 1.807) is 32.0 Å². The van der Waals surface area contributed by atoms with E-state index in [0.29, 0.717) is 15.2 Å². The van der Waals surface area contributed by atoms with Crippen LogP contribution < -0.4 is 5.32 Å². The maximum atomic E-state index is 13.0. The van der Waals surface area contributed by atoms with Crippen molar-refractivity contribution in [2.24, 2.45) is 29.6 Å². The molecule has 1 aliphatic heterocycles. The number of ether oxygens (including phenoxy) is 1. The molecule has 3 amide bonds. The molecule has 9 heteroatoms. The maximum Gasteiger partial charge on any atom is 0.330 e. The average molecular weight is 510 g/mol. The van der Waals surface area contributed by atoms with Gasteiger partial charge in [-0.15, -0.1) is 0 Å². The van der Waals surface area contributed by atoms with Crippen molar-refractivity contribution in [3.05, 3.63) is 39.8 Å². The van der Waals surface area contributed by atoms with Gasteiger partial charge in [-0.1, -0.05) is 37.6 Å². The number of carbonyl (C=O) groups excluding carboxylic acids is 4. The van der Waals surface area contributed by atoms with Gasteiger partial charge in [0.15, 0.2) is 6.61 Å². The minimum atomic E-state index is -1.06. The van der Waals surface area contributed by atoms with Crippen molar-refractivity contribution in [3.8, 4) is 0 Å². The van der Waals surface area contributed by atoms with Crippen LogP contribution in [0.2, 0.25) is 5.02 Å². The minimum absolute atomic E-state index is 0.0591. The van der Waals surface area contributed by atoms with Crippen molar-refractivity contribution in [2.75, 3.05) is 11.9 Å². The number of imide groups is 1. The molecule has 1 saturated carbocycles. The molecule has 0 unspecified atom stereocenters. The molecule has 5 atom stereocenters. The molecule has 1 saturated heterocycles. The Morgan fingerprint density at radius 1 is 1.19 bits per heavy atom. The lowest BCUT2D eigenvalue weighted by atomic mass is 9.85. The van der Waals surface area contributed by atoms with Gasteiger partial charge in [0.1, 0.15) is 6.04 Å². The summed E-state index contributed by atoms with van der Waals surface area (Å²) in [5, 5.41) is 3.02. The Labute approximate surface area is 193 Å². The van der Waals surface area contributed by atoms with Gasteiger partial charge in [0, 0.05) is 10.2 Å². The molecule has 4 rings (SSSR count). The van der Waals surface area contributed by atoms with Crippen molar-refractivity contribution < 1.29 is 23.9 Å². The molecule has 0 spiro atoms. The number of hydrogen-bond acceptors (Lipinski definition) is 5. The molecule has 2 fully saturated rings. The first-order valence-corrected chi connectivity index (χ1v) is 11.3. The standard InChI is InChI=1S/C22H22BrClN2O5/c1-10(2)19(26-20(28)17-11-3-4-12(7-11)18(17)21(26)29)22(30)31-9-16(27)25-13-5-6-14(23)15(24)8-13/h3-6,8,10-12,17-19H,7,9H2,1-2H3,(H,25,27)/t11-,12-,17-,18-,19+/m0/s1. The second kappa shape index (κ2) is 8.39. The molecular formula is C22H22BrClN2O5. The van der Waals surface area contributed by atoms with E-state index < -0.39 is 24.5 Å². The number of nitrogens with zero attached hydrogens (tertiary/aromatic N) is 1. The summed E-state index contributed by atoms with van der Waals surface area (Å²) in [7, 11) is 0. The van der Waals surface area contributed by atoms with Crippen LogP contribution in [-0.4, -0.2) is 41.2 Å². The second-order valence-electron chi connectivity index (χ2n) is 8.52. The number of esters is 1. The fourth-order valence-electron chi connectivity index (χ4n) is 4.87. The number of rotatable bonds is 6. The van der Waals surface area contributed by atoms with Gasteiger partial charge in [-0.05, 0) is 58.3 Å². The zero-order valence-electron chi connectivity index (χ0n) is 17.0. The molecule has 1 aromatic rings. The van der Waals surface area contributed by atoms with Gasteiger partial charge in [-0.2, -0.15) is 0 Å². The Balaban J connectivity index is 1.41. The summed E-state index contributed by atoms with van der Waals surface area (Å²) in [6.07, 6.45) is 4.82. The number of likely N-dealkylation sites (tertiary alicyclic amines) is 1. The number of benzene rings is 1. The smallest absolute Gasteiger partial charge is 0.330 e. The minimum Gasteiger partial charge on any atom is -0.454 e. The molecule has 0 aromatic heterocycles. The Morgan fingerprint density at radius 3 is 2.35 bits per heavy atom. The highest BCUT2D eigenvalue weighted by atomic mass is 79.9. The molecule has 2 aliphatic carbocycles. The van der Waals surface area contributed by atoms with Gasteiger partial charge in [-0.3, -0.25) is 19.3 Å². The lowest BCUT2D eigenvalue weighted by molar-refractivity contribution is -0.162. The highest BCUT2D eigenvalue weighted by molar-refractivity contribution is 9.10. The highest BCUT2D eigenvalue weighted by Gasteiger charge is 2.61. The quantitative estimate of drug-likeness (QED) is 0.360. The highest BCUT2D eigenvalue weighted by Crippen LogP contribution is 2.53. The van der Waals surface area contributed by atoms with Crippen LogP contribution in [0.25, 0.3) is 0 Å². The third-order valence-electron chi connectivity index (χ3n) is 6.20. The first-order chi connectivity index (χ1) is 14.7. The van der Waals surface area contributed by atoms with E-state index in [4.69, 9.17) is 16.3 Å². The molecule has 7 nitrogen and oxygen atoms in total. The van der Waals surface area contributed by atoms with E-state index >= 15 is 0 Å². The Kier molecular flexibility index (Phi) is 5.96. The molecule has 164 valence electrons. The molecule has 1 N–H and O–H groups in total. The van der Waals surface area contributed by atoms with Crippen LogP contribution in [0.4, 0.5) is 5.69 Å². The number of nitrogens with one attached hydrogen (secondary N) is 1. The van der Waals surface area contributed by atoms with Crippen LogP contribution in [-0.2, 0) is 23.9 Å². The van der Waals surface area contributed by atoms with Crippen molar-refractivity contribution in [3.63, 3.8) is 0 Å². The van der Waals surface area contributed by atoms with Crippen LogP contribution in [0.1, 0.15) is 20.3 Å². The number of halogens is 2. The summed E-state index contributed by atoms with van der Waals surface area (Å²) in [6, 6.07) is 3.84. The number of fused-ring (bicyclic) bond motifs is 5. The summed E-state index contributed by atoms with van der Waals surface area (Å²) in [6.45, 7) is 2.96. The van der Waals surface area contributed by atoms with E-state index in [2.05, 4.69) is 21.2 Å². The summed E-state index contributed by atoms with van der Waals surface area (Å²) < 4.78 is 5.89. The van der Waals surface area contributed by atoms with Crippen LogP contribution in [0.15, 0.2) is 34.8 Å². The van der Waals surface area contributed by atoms with Crippen molar-refractivity contribution in [1.82, 2.24) is 4.90 Å². The predicted octanol–water partition coefficient (Wildman–Crippen LogP) is 3.42. The van der Waals surface area contributed by atoms with Crippen molar-refractivity contribution >= 4 is 56.9 Å². The van der Waals surface area contributed by atoms with Gasteiger partial charge in [0.25, 0.3) is 5.91 Å². The molecule has 0 radical (unpaired) electrons. The first-order valence-electron chi connectivity index (χ1n) is 10.2. The van der Waals surface area contributed by atoms with Gasteiger partial charge in [0.2, 0.25) is 11.8 Å². The lowest BCUT2D eigenvalue weighted by Gasteiger charge is -2.28. The Morgan fingerprint density at radius 2 is 1.81 bits per heavy atom. The molecule has 31 heavy (non-hydrogen) atoms. The largest absolute Gasteiger partial charge is 0.454 e. The molecule has 1 aromatic carbocycles. The van der Waals surface area contributed by atoms with E-state index in [0.717, 1.165) is 11.3 Å². The number of anilines is 1. The molecule has 1 heterocycles. The number of allylic oxidation sites excluding steroid dienone is 2. The topological polar surface area (TPSA) is 92.8 Å². The van der Waals surface area contributed by atoms with E-state index in [-0.39, 0.29) is 41.4 Å². The van der Waals surface area contributed by atoms with Crippen molar-refractivity contribution in [1.29, 1.82) is 0 Å². The molecule has 2 bridgehead atoms. The fraction of sp³-hybridized carbons (Fsp3) is 0.455. The Hall–Kier alpha value is -2.19. The summed E-state index contributed by atoms with van der Waals surface area (Å²) in [5.74, 6) is -2.93. The van der Waals surface area contributed by atoms with Gasteiger partial charge < -0.3 is 10.1 Å². The number of carbonyl (C=O) groups is 4. The van der Waals surface area contributed by atoms with Gasteiger partial charge in [0.05, 0.1) is 16.9 Å². The summed E-state index contributed by atoms with van der Waals surface area (Å²) >= 11 is 9.28. The third kappa shape index (κ3) is 3.91. The fourth-order valence-corrected chi connectivity index (χ4v) is 5.30. The maximum absolute atomic E-state index is 13.0. The van der Waals surface area contributed by atoms with Crippen molar-refractivity contribution in [2.45, 2.75) is 26.3 Å². The average Bonchev–Trinajstić information content (AvgIpc) is 3.39.